The first kappa shape index (κ1) is 53.3. The van der Waals surface area contributed by atoms with E-state index in [0.29, 0.717) is 54.2 Å². The van der Waals surface area contributed by atoms with E-state index < -0.39 is 33.7 Å². The van der Waals surface area contributed by atoms with Gasteiger partial charge in [0.05, 0.1) is 34.6 Å². The number of thioether (sulfide) groups is 1. The van der Waals surface area contributed by atoms with Crippen molar-refractivity contribution in [2.45, 2.75) is 80.7 Å². The lowest BCUT2D eigenvalue weighted by molar-refractivity contribution is -0.385. The van der Waals surface area contributed by atoms with Gasteiger partial charge in [-0.25, -0.2) is 4.79 Å². The molecule has 0 bridgehead atoms. The number of carbonyl (C=O) groups excluding carboxylic acids is 1. The number of amides is 1. The molecule has 1 saturated carbocycles. The molecule has 6 atom stereocenters. The fraction of sp³-hybridized carbons (Fsp3) is 0.322. The van der Waals surface area contributed by atoms with Gasteiger partial charge in [0, 0.05) is 60.3 Å². The van der Waals surface area contributed by atoms with Crippen LogP contribution >= 0.6 is 11.8 Å². The number of non-ortho nitro benzene ring substituents is 2. The molecule has 2 N–H and O–H groups in total. The third kappa shape index (κ3) is 11.6. The Balaban J connectivity index is 1.26. The molecule has 6 aromatic carbocycles. The number of nitro benzene ring substituents is 2. The Labute approximate surface area is 444 Å². The third-order valence-corrected chi connectivity index (χ3v) is 15.3. The maximum atomic E-state index is 15.5. The Morgan fingerprint density at radius 1 is 0.842 bits per heavy atom. The van der Waals surface area contributed by atoms with E-state index in [1.807, 2.05) is 91.2 Å². The van der Waals surface area contributed by atoms with Gasteiger partial charge in [0.15, 0.2) is 0 Å². The number of aliphatic hydroxyl groups excluding tert-OH is 2. The van der Waals surface area contributed by atoms with E-state index in [1.54, 1.807) is 34.9 Å². The van der Waals surface area contributed by atoms with Gasteiger partial charge in [0.25, 0.3) is 11.4 Å². The molecule has 9 rings (SSSR count). The van der Waals surface area contributed by atoms with Crippen LogP contribution in [0.25, 0.3) is 10.8 Å². The molecule has 3 aliphatic rings. The van der Waals surface area contributed by atoms with Crippen molar-refractivity contribution in [3.05, 3.63) is 195 Å². The predicted octanol–water partition coefficient (Wildman–Crippen LogP) is 12.7. The second-order valence-electron chi connectivity index (χ2n) is 19.1. The minimum atomic E-state index is -1.67. The molecular formula is C59H60N4O12S. The van der Waals surface area contributed by atoms with E-state index in [-0.39, 0.29) is 74.3 Å². The first-order valence-corrected chi connectivity index (χ1v) is 26.7. The minimum Gasteiger partial charge on any atom is -0.459 e. The normalized spacial score (nSPS) is 20.9. The SMILES string of the molecule is C=CCO[C@@]12Oc3ccc(Oc4ccc(SC)cc4)cc3[C@H]3[C@H](CCCCO)[C@@H](CCCCO)C=C(C(=NOCc4ccc([N+](=O)[O-])cc4)C[C@@H]1N(Cc1cccc4ccccc14)C(=O)Oc1ccc([N+](=O)[O-])cc1)[C@H]32. The van der Waals surface area contributed by atoms with Crippen LogP contribution < -0.4 is 14.2 Å². The minimum absolute atomic E-state index is 0.00725. The summed E-state index contributed by atoms with van der Waals surface area (Å²) in [6, 6.07) is 37.7. The summed E-state index contributed by atoms with van der Waals surface area (Å²) in [7, 11) is 0. The Kier molecular flexibility index (Phi) is 17.1. The van der Waals surface area contributed by atoms with Crippen molar-refractivity contribution < 1.29 is 48.6 Å². The number of allylic oxidation sites excluding steroid dienone is 1. The molecule has 1 aliphatic heterocycles. The molecule has 0 radical (unpaired) electrons. The van der Waals surface area contributed by atoms with Gasteiger partial charge in [0.2, 0.25) is 5.79 Å². The van der Waals surface area contributed by atoms with Gasteiger partial charge < -0.3 is 34.0 Å². The Morgan fingerprint density at radius 2 is 1.51 bits per heavy atom. The number of hydrogen-bond acceptors (Lipinski definition) is 14. The van der Waals surface area contributed by atoms with Crippen molar-refractivity contribution in [3.63, 3.8) is 0 Å². The second-order valence-corrected chi connectivity index (χ2v) is 20.0. The van der Waals surface area contributed by atoms with Crippen LogP contribution in [0.15, 0.2) is 168 Å². The summed E-state index contributed by atoms with van der Waals surface area (Å²) in [6.07, 6.45) is 9.16. The number of hydrogen-bond donors (Lipinski definition) is 2. The Morgan fingerprint density at radius 3 is 2.21 bits per heavy atom. The predicted molar refractivity (Wildman–Crippen MR) is 290 cm³/mol. The lowest BCUT2D eigenvalue weighted by Gasteiger charge is -2.59. The van der Waals surface area contributed by atoms with Crippen molar-refractivity contribution in [1.82, 2.24) is 4.90 Å². The van der Waals surface area contributed by atoms with Crippen LogP contribution in [0, 0.1) is 38.0 Å². The fourth-order valence-corrected chi connectivity index (χ4v) is 11.5. The van der Waals surface area contributed by atoms with E-state index in [1.165, 1.54) is 36.4 Å². The van der Waals surface area contributed by atoms with Gasteiger partial charge in [-0.3, -0.25) is 25.1 Å². The summed E-state index contributed by atoms with van der Waals surface area (Å²) in [5.41, 5.74) is 3.36. The number of fused-ring (bicyclic) bond motifs is 3. The van der Waals surface area contributed by atoms with Crippen LogP contribution in [-0.2, 0) is 22.7 Å². The molecule has 1 fully saturated rings. The lowest BCUT2D eigenvalue weighted by Crippen LogP contribution is -2.70. The van der Waals surface area contributed by atoms with Crippen LogP contribution in [0.1, 0.15) is 67.6 Å². The fourth-order valence-electron chi connectivity index (χ4n) is 11.1. The molecule has 1 amide bonds. The van der Waals surface area contributed by atoms with Crippen molar-refractivity contribution >= 4 is 45.7 Å². The highest BCUT2D eigenvalue weighted by atomic mass is 32.2. The molecule has 2 aliphatic carbocycles. The first-order chi connectivity index (χ1) is 37.0. The number of nitrogens with zero attached hydrogens (tertiary/aromatic N) is 4. The van der Waals surface area contributed by atoms with Crippen molar-refractivity contribution in [3.8, 4) is 23.0 Å². The Bertz CT molecular complexity index is 3090. The van der Waals surface area contributed by atoms with Crippen LogP contribution in [0.4, 0.5) is 16.2 Å². The molecule has 1 heterocycles. The molecule has 76 heavy (non-hydrogen) atoms. The number of benzene rings is 6. The summed E-state index contributed by atoms with van der Waals surface area (Å²) in [5.74, 6) is -1.08. The monoisotopic (exact) mass is 1050 g/mol. The highest BCUT2D eigenvalue weighted by Gasteiger charge is 2.66. The number of rotatable bonds is 23. The van der Waals surface area contributed by atoms with Crippen LogP contribution in [0.2, 0.25) is 0 Å². The maximum absolute atomic E-state index is 15.5. The van der Waals surface area contributed by atoms with E-state index in [2.05, 4.69) is 12.7 Å². The summed E-state index contributed by atoms with van der Waals surface area (Å²) >= 11 is 1.63. The van der Waals surface area contributed by atoms with Gasteiger partial charge in [-0.05, 0) is 138 Å². The molecule has 394 valence electrons. The van der Waals surface area contributed by atoms with Crippen LogP contribution in [-0.4, -0.2) is 74.7 Å². The summed E-state index contributed by atoms with van der Waals surface area (Å²) in [4.78, 5) is 46.6. The van der Waals surface area contributed by atoms with Crippen molar-refractivity contribution in [2.75, 3.05) is 26.1 Å². The average Bonchev–Trinajstić information content (AvgIpc) is 3.54. The standard InChI is InChI=1S/C59H60N4O12S/c1-3-33-71-59-55(61(37-42-14-10-13-40-11-4-5-15-49(40)42)58(66)74-46-23-21-44(22-24-46)63(69)70)36-53(60-72-38-39-17-19-43(20-18-39)62(67)68)51-34-41(12-6-8-31-64)50(16-7-9-32-65)56(57(51)59)52-35-47(27-30-54(52)75-59)73-45-25-28-48(76-2)29-26-45/h3-5,10-11,13-15,17-30,34-35,41,50,55-57,64-65H,1,6-9,12,16,31-33,36-38H2,2H3/t41-,50+,55-,56+,57+,59+/m0/s1. The highest BCUT2D eigenvalue weighted by Crippen LogP contribution is 2.62. The third-order valence-electron chi connectivity index (χ3n) is 14.6. The zero-order valence-electron chi connectivity index (χ0n) is 42.1. The molecule has 17 heteroatoms. The molecule has 0 aromatic heterocycles. The summed E-state index contributed by atoms with van der Waals surface area (Å²) < 4.78 is 27.5. The van der Waals surface area contributed by atoms with Gasteiger partial charge >= 0.3 is 6.09 Å². The van der Waals surface area contributed by atoms with E-state index in [4.69, 9.17) is 28.9 Å². The number of aliphatic hydroxyl groups is 2. The largest absolute Gasteiger partial charge is 0.459 e. The highest BCUT2D eigenvalue weighted by molar-refractivity contribution is 7.98. The smallest absolute Gasteiger partial charge is 0.416 e. The first-order valence-electron chi connectivity index (χ1n) is 25.5. The molecule has 6 aromatic rings. The van der Waals surface area contributed by atoms with Crippen LogP contribution in [0.3, 0.4) is 0 Å². The number of unbranched alkanes of at least 4 members (excludes halogenated alkanes) is 2. The molecular weight excluding hydrogens is 989 g/mol. The van der Waals surface area contributed by atoms with Gasteiger partial charge in [0.1, 0.15) is 35.6 Å². The lowest BCUT2D eigenvalue weighted by atomic mass is 9.55. The summed E-state index contributed by atoms with van der Waals surface area (Å²) in [6.45, 7) is 4.08. The van der Waals surface area contributed by atoms with Crippen LogP contribution in [0.5, 0.6) is 23.0 Å². The second kappa shape index (κ2) is 24.4. The number of ether oxygens (including phenoxy) is 4. The molecule has 0 unspecified atom stereocenters. The van der Waals surface area contributed by atoms with Crippen molar-refractivity contribution in [2.24, 2.45) is 22.9 Å². The van der Waals surface area contributed by atoms with E-state index in [9.17, 15) is 30.4 Å². The van der Waals surface area contributed by atoms with E-state index in [0.717, 1.165) is 45.2 Å². The zero-order valence-corrected chi connectivity index (χ0v) is 42.9. The zero-order chi connectivity index (χ0) is 53.2. The number of oxime groups is 1. The quantitative estimate of drug-likeness (QED) is 0.0202. The van der Waals surface area contributed by atoms with Gasteiger partial charge in [-0.2, -0.15) is 0 Å². The summed E-state index contributed by atoms with van der Waals surface area (Å²) in [5, 5.41) is 50.2. The van der Waals surface area contributed by atoms with Gasteiger partial charge in [-0.15, -0.1) is 18.3 Å². The van der Waals surface area contributed by atoms with Crippen molar-refractivity contribution in [1.29, 1.82) is 0 Å². The molecule has 0 saturated heterocycles. The molecule has 16 nitrogen and oxygen atoms in total. The topological polar surface area (TPSA) is 206 Å². The van der Waals surface area contributed by atoms with E-state index >= 15 is 4.79 Å². The average molecular weight is 1050 g/mol. The Hall–Kier alpha value is -7.57. The van der Waals surface area contributed by atoms with Gasteiger partial charge in [-0.1, -0.05) is 72.6 Å². The number of carbonyl (C=O) groups is 1. The number of nitro groups is 2. The molecule has 0 spiro atoms. The maximum Gasteiger partial charge on any atom is 0.416 e.